The number of rotatable bonds is 7. The molecule has 3 rings (SSSR count). The lowest BCUT2D eigenvalue weighted by Crippen LogP contribution is -2.61. The Morgan fingerprint density at radius 2 is 1.68 bits per heavy atom. The topological polar surface area (TPSA) is 97.8 Å². The molecule has 0 radical (unpaired) electrons. The van der Waals surface area contributed by atoms with Gasteiger partial charge in [-0.2, -0.15) is 0 Å². The molecule has 0 atom stereocenters. The van der Waals surface area contributed by atoms with E-state index in [1.807, 2.05) is 30.3 Å². The number of alkyl carbamates (subject to hydrolysis) is 1. The number of nitrogens with one attached hydrogen (secondary N) is 1. The summed E-state index contributed by atoms with van der Waals surface area (Å²) in [7, 11) is 0. The average molecular weight is 468 g/mol. The number of pyridine rings is 1. The fourth-order valence-electron chi connectivity index (χ4n) is 4.03. The van der Waals surface area contributed by atoms with Crippen LogP contribution >= 0.6 is 0 Å². The molecule has 2 aromatic rings. The number of hydrogen-bond acceptors (Lipinski definition) is 6. The van der Waals surface area contributed by atoms with Crippen LogP contribution in [0.25, 0.3) is 0 Å². The Hall–Kier alpha value is -3.42. The Labute approximate surface area is 200 Å². The largest absolute Gasteiger partial charge is 0.459 e. The van der Waals surface area contributed by atoms with Gasteiger partial charge in [0.1, 0.15) is 30.1 Å². The van der Waals surface area contributed by atoms with Crippen LogP contribution in [0.1, 0.15) is 58.4 Å². The lowest BCUT2D eigenvalue weighted by molar-refractivity contribution is -0.153. The Kier molecular flexibility index (Phi) is 8.26. The third-order valence-electron chi connectivity index (χ3n) is 5.55. The Morgan fingerprint density at radius 1 is 1.00 bits per heavy atom. The lowest BCUT2D eigenvalue weighted by atomic mass is 9.80. The van der Waals surface area contributed by atoms with Crippen LogP contribution in [0.15, 0.2) is 54.7 Å². The third-order valence-corrected chi connectivity index (χ3v) is 5.55. The average Bonchev–Trinajstić information content (AvgIpc) is 2.81. The molecule has 0 bridgehead atoms. The van der Waals surface area contributed by atoms with Gasteiger partial charge in [0.2, 0.25) is 0 Å². The van der Waals surface area contributed by atoms with Crippen LogP contribution in [-0.4, -0.2) is 40.6 Å². The van der Waals surface area contributed by atoms with Gasteiger partial charge in [-0.05, 0) is 51.3 Å². The maximum Gasteiger partial charge on any atom is 0.408 e. The first kappa shape index (κ1) is 25.2. The summed E-state index contributed by atoms with van der Waals surface area (Å²) in [5.41, 5.74) is -1.04. The highest BCUT2D eigenvalue weighted by Gasteiger charge is 2.45. The minimum absolute atomic E-state index is 0.0960. The SMILES string of the molecule is CC(C)(C)OC(=O)CN(C(=O)C1(NC(=O)OCc2ccccc2)CCCCC1)c1ccccn1. The van der Waals surface area contributed by atoms with Gasteiger partial charge in [-0.25, -0.2) is 9.78 Å². The molecule has 2 amide bonds. The van der Waals surface area contributed by atoms with E-state index in [9.17, 15) is 14.4 Å². The van der Waals surface area contributed by atoms with Gasteiger partial charge in [-0.1, -0.05) is 55.7 Å². The van der Waals surface area contributed by atoms with E-state index in [0.717, 1.165) is 24.8 Å². The van der Waals surface area contributed by atoms with E-state index < -0.39 is 29.1 Å². The highest BCUT2D eigenvalue weighted by Crippen LogP contribution is 2.32. The molecule has 1 fully saturated rings. The number of aromatic nitrogens is 1. The number of benzene rings is 1. The van der Waals surface area contributed by atoms with E-state index in [1.165, 1.54) is 4.90 Å². The van der Waals surface area contributed by atoms with E-state index in [0.29, 0.717) is 18.7 Å². The Bertz CT molecular complexity index is 967. The van der Waals surface area contributed by atoms with E-state index in [4.69, 9.17) is 9.47 Å². The van der Waals surface area contributed by atoms with Crippen LogP contribution in [0.3, 0.4) is 0 Å². The van der Waals surface area contributed by atoms with E-state index in [-0.39, 0.29) is 13.2 Å². The molecule has 1 aliphatic carbocycles. The van der Waals surface area contributed by atoms with Crippen molar-refractivity contribution < 1.29 is 23.9 Å². The van der Waals surface area contributed by atoms with Gasteiger partial charge < -0.3 is 14.8 Å². The fraction of sp³-hybridized carbons (Fsp3) is 0.462. The van der Waals surface area contributed by atoms with E-state index in [1.54, 1.807) is 45.2 Å². The quantitative estimate of drug-likeness (QED) is 0.607. The van der Waals surface area contributed by atoms with Crippen LogP contribution in [0.5, 0.6) is 0 Å². The predicted molar refractivity (Wildman–Crippen MR) is 128 cm³/mol. The van der Waals surface area contributed by atoms with Crippen molar-refractivity contribution in [1.29, 1.82) is 0 Å². The molecule has 8 heteroatoms. The van der Waals surface area contributed by atoms with Crippen LogP contribution in [0.4, 0.5) is 10.6 Å². The van der Waals surface area contributed by atoms with Gasteiger partial charge in [0.05, 0.1) is 0 Å². The van der Waals surface area contributed by atoms with Crippen molar-refractivity contribution in [3.8, 4) is 0 Å². The standard InChI is InChI=1S/C26H33N3O5/c1-25(2,3)34-22(30)18-29(21-14-8-11-17-27-21)23(31)26(15-9-5-10-16-26)28-24(32)33-19-20-12-6-4-7-13-20/h4,6-8,11-14,17H,5,9-10,15-16,18-19H2,1-3H3,(H,28,32). The summed E-state index contributed by atoms with van der Waals surface area (Å²) in [5, 5.41) is 2.84. The maximum absolute atomic E-state index is 13.9. The summed E-state index contributed by atoms with van der Waals surface area (Å²) in [5.74, 6) is -0.625. The zero-order chi connectivity index (χ0) is 24.6. The number of carbonyl (C=O) groups is 3. The number of hydrogen-bond donors (Lipinski definition) is 1. The van der Waals surface area contributed by atoms with Crippen LogP contribution < -0.4 is 10.2 Å². The van der Waals surface area contributed by atoms with Crippen molar-refractivity contribution in [3.05, 3.63) is 60.3 Å². The second kappa shape index (κ2) is 11.1. The van der Waals surface area contributed by atoms with Crippen molar-refractivity contribution in [2.45, 2.75) is 70.6 Å². The Balaban J connectivity index is 1.81. The van der Waals surface area contributed by atoms with Crippen LogP contribution in [0.2, 0.25) is 0 Å². The molecular weight excluding hydrogens is 434 g/mol. The van der Waals surface area contributed by atoms with Crippen molar-refractivity contribution in [1.82, 2.24) is 10.3 Å². The number of amides is 2. The number of carbonyl (C=O) groups excluding carboxylic acids is 3. The fourth-order valence-corrected chi connectivity index (χ4v) is 4.03. The van der Waals surface area contributed by atoms with E-state index in [2.05, 4.69) is 10.3 Å². The van der Waals surface area contributed by atoms with Crippen LogP contribution in [0, 0.1) is 0 Å². The smallest absolute Gasteiger partial charge is 0.408 e. The second-order valence-electron chi connectivity index (χ2n) is 9.50. The molecule has 34 heavy (non-hydrogen) atoms. The molecule has 1 N–H and O–H groups in total. The van der Waals surface area contributed by atoms with Gasteiger partial charge in [0, 0.05) is 6.20 Å². The molecule has 0 saturated heterocycles. The predicted octanol–water partition coefficient (Wildman–Crippen LogP) is 4.39. The summed E-state index contributed by atoms with van der Waals surface area (Å²) >= 11 is 0. The molecule has 1 heterocycles. The number of anilines is 1. The summed E-state index contributed by atoms with van der Waals surface area (Å²) in [4.78, 5) is 44.9. The van der Waals surface area contributed by atoms with Crippen LogP contribution in [-0.2, 0) is 25.7 Å². The van der Waals surface area contributed by atoms with Crippen molar-refractivity contribution in [2.75, 3.05) is 11.4 Å². The number of ether oxygens (including phenoxy) is 2. The van der Waals surface area contributed by atoms with Gasteiger partial charge in [-0.15, -0.1) is 0 Å². The van der Waals surface area contributed by atoms with Crippen molar-refractivity contribution in [2.24, 2.45) is 0 Å². The summed E-state index contributed by atoms with van der Waals surface area (Å²) in [6, 6.07) is 14.5. The second-order valence-corrected chi connectivity index (χ2v) is 9.50. The first-order valence-corrected chi connectivity index (χ1v) is 11.6. The number of esters is 1. The lowest BCUT2D eigenvalue weighted by Gasteiger charge is -2.39. The number of nitrogens with zero attached hydrogens (tertiary/aromatic N) is 2. The zero-order valence-electron chi connectivity index (χ0n) is 20.1. The molecule has 1 aromatic carbocycles. The molecule has 0 aliphatic heterocycles. The normalized spacial score (nSPS) is 15.1. The first-order chi connectivity index (χ1) is 16.2. The zero-order valence-corrected chi connectivity index (χ0v) is 20.1. The molecule has 1 saturated carbocycles. The summed E-state index contributed by atoms with van der Waals surface area (Å²) < 4.78 is 10.9. The minimum atomic E-state index is -1.19. The van der Waals surface area contributed by atoms with Crippen molar-refractivity contribution in [3.63, 3.8) is 0 Å². The monoisotopic (exact) mass is 467 g/mol. The van der Waals surface area contributed by atoms with Crippen molar-refractivity contribution >= 4 is 23.8 Å². The molecule has 8 nitrogen and oxygen atoms in total. The van der Waals surface area contributed by atoms with Gasteiger partial charge in [-0.3, -0.25) is 14.5 Å². The molecule has 0 spiro atoms. The molecular formula is C26H33N3O5. The van der Waals surface area contributed by atoms with E-state index >= 15 is 0 Å². The minimum Gasteiger partial charge on any atom is -0.459 e. The molecule has 1 aliphatic rings. The molecule has 1 aromatic heterocycles. The summed E-state index contributed by atoms with van der Waals surface area (Å²) in [6.07, 6.45) is 4.29. The first-order valence-electron chi connectivity index (χ1n) is 11.6. The third kappa shape index (κ3) is 7.04. The summed E-state index contributed by atoms with van der Waals surface area (Å²) in [6.45, 7) is 5.09. The Morgan fingerprint density at radius 3 is 2.29 bits per heavy atom. The van der Waals surface area contributed by atoms with Gasteiger partial charge >= 0.3 is 12.1 Å². The highest BCUT2D eigenvalue weighted by atomic mass is 16.6. The molecule has 0 unspecified atom stereocenters. The maximum atomic E-state index is 13.9. The highest BCUT2D eigenvalue weighted by molar-refractivity contribution is 6.04. The molecule has 182 valence electrons. The van der Waals surface area contributed by atoms with Gasteiger partial charge in [0.15, 0.2) is 0 Å². The van der Waals surface area contributed by atoms with Gasteiger partial charge in [0.25, 0.3) is 5.91 Å².